The maximum atomic E-state index is 12.4. The van der Waals surface area contributed by atoms with Gasteiger partial charge in [0, 0.05) is 31.1 Å². The summed E-state index contributed by atoms with van der Waals surface area (Å²) in [7, 11) is 2.01. The average molecular weight is 395 g/mol. The summed E-state index contributed by atoms with van der Waals surface area (Å²) >= 11 is 0. The molecule has 2 heterocycles. The minimum atomic E-state index is -0.0362. The van der Waals surface area contributed by atoms with Crippen LogP contribution < -0.4 is 5.32 Å². The van der Waals surface area contributed by atoms with Crippen LogP contribution in [0.4, 0.5) is 5.69 Å². The molecule has 6 heteroatoms. The van der Waals surface area contributed by atoms with Crippen molar-refractivity contribution in [3.05, 3.63) is 78.6 Å². The van der Waals surface area contributed by atoms with Crippen molar-refractivity contribution in [1.29, 1.82) is 0 Å². The number of nitrogens with zero attached hydrogens (tertiary/aromatic N) is 3. The third kappa shape index (κ3) is 3.43. The number of benzene rings is 3. The maximum Gasteiger partial charge on any atom is 0.224 e. The second-order valence-corrected chi connectivity index (χ2v) is 7.31. The van der Waals surface area contributed by atoms with Gasteiger partial charge in [0.2, 0.25) is 5.91 Å². The van der Waals surface area contributed by atoms with E-state index in [0.717, 1.165) is 45.0 Å². The number of carbonyl (C=O) groups excluding carboxylic acids is 1. The molecule has 0 aliphatic carbocycles. The van der Waals surface area contributed by atoms with E-state index in [1.54, 1.807) is 0 Å². The van der Waals surface area contributed by atoms with Gasteiger partial charge in [0.15, 0.2) is 0 Å². The molecule has 5 rings (SSSR count). The lowest BCUT2D eigenvalue weighted by Crippen LogP contribution is -2.12. The van der Waals surface area contributed by atoms with Crippen LogP contribution in [0.1, 0.15) is 12.2 Å². The van der Waals surface area contributed by atoms with Gasteiger partial charge < -0.3 is 14.9 Å². The van der Waals surface area contributed by atoms with Crippen molar-refractivity contribution in [1.82, 2.24) is 19.5 Å². The number of carbonyl (C=O) groups is 1. The topological polar surface area (TPSA) is 75.6 Å². The van der Waals surface area contributed by atoms with E-state index in [1.165, 1.54) is 0 Å². The first kappa shape index (κ1) is 18.1. The summed E-state index contributed by atoms with van der Waals surface area (Å²) in [4.78, 5) is 24.9. The molecule has 0 bridgehead atoms. The Bertz CT molecular complexity index is 1310. The summed E-state index contributed by atoms with van der Waals surface area (Å²) in [5.74, 6) is 1.69. The van der Waals surface area contributed by atoms with E-state index < -0.39 is 0 Å². The second kappa shape index (κ2) is 7.48. The highest BCUT2D eigenvalue weighted by Crippen LogP contribution is 2.24. The molecule has 1 amide bonds. The largest absolute Gasteiger partial charge is 0.342 e. The predicted octanol–water partition coefficient (Wildman–Crippen LogP) is 4.69. The Morgan fingerprint density at radius 1 is 0.933 bits per heavy atom. The third-order valence-electron chi connectivity index (χ3n) is 5.24. The highest BCUT2D eigenvalue weighted by atomic mass is 16.1. The molecular weight excluding hydrogens is 374 g/mol. The Labute approximate surface area is 173 Å². The molecule has 6 nitrogen and oxygen atoms in total. The lowest BCUT2D eigenvalue weighted by molar-refractivity contribution is -0.116. The molecular formula is C24H21N5O. The number of para-hydroxylation sites is 4. The predicted molar refractivity (Wildman–Crippen MR) is 119 cm³/mol. The van der Waals surface area contributed by atoms with Gasteiger partial charge in [-0.25, -0.2) is 9.97 Å². The summed E-state index contributed by atoms with van der Waals surface area (Å²) in [6.45, 7) is 0. The normalized spacial score (nSPS) is 11.2. The van der Waals surface area contributed by atoms with Crippen LogP contribution >= 0.6 is 0 Å². The molecule has 0 atom stereocenters. The molecule has 30 heavy (non-hydrogen) atoms. The van der Waals surface area contributed by atoms with Gasteiger partial charge in [-0.15, -0.1) is 0 Å². The van der Waals surface area contributed by atoms with Crippen molar-refractivity contribution in [2.24, 2.45) is 7.05 Å². The summed E-state index contributed by atoms with van der Waals surface area (Å²) in [6.07, 6.45) is 0.935. The van der Waals surface area contributed by atoms with Gasteiger partial charge in [0.1, 0.15) is 11.6 Å². The molecule has 2 N–H and O–H groups in total. The van der Waals surface area contributed by atoms with Gasteiger partial charge in [-0.1, -0.05) is 24.3 Å². The molecule has 5 aromatic rings. The Kier molecular flexibility index (Phi) is 4.52. The molecule has 0 radical (unpaired) electrons. The van der Waals surface area contributed by atoms with Gasteiger partial charge >= 0.3 is 0 Å². The highest BCUT2D eigenvalue weighted by Gasteiger charge is 2.10. The van der Waals surface area contributed by atoms with Gasteiger partial charge in [0.25, 0.3) is 0 Å². The fraction of sp³-hybridized carbons (Fsp3) is 0.125. The van der Waals surface area contributed by atoms with Crippen molar-refractivity contribution >= 4 is 33.7 Å². The van der Waals surface area contributed by atoms with Crippen LogP contribution in [0.5, 0.6) is 0 Å². The third-order valence-corrected chi connectivity index (χ3v) is 5.24. The van der Waals surface area contributed by atoms with Gasteiger partial charge in [-0.3, -0.25) is 4.79 Å². The molecule has 0 aliphatic heterocycles. The first-order chi connectivity index (χ1) is 14.7. The summed E-state index contributed by atoms with van der Waals surface area (Å²) in [5, 5.41) is 2.96. The highest BCUT2D eigenvalue weighted by molar-refractivity contribution is 5.91. The lowest BCUT2D eigenvalue weighted by Gasteiger charge is -2.07. The standard InChI is InChI=1S/C24H21N5O/c1-29-21-9-5-4-8-20(21)28-24(29)16-10-12-17(13-11-16)25-23(30)15-14-22-26-18-6-2-3-7-19(18)27-22/h2-13H,14-15H2,1H3,(H,25,30)(H,26,27). The minimum Gasteiger partial charge on any atom is -0.342 e. The fourth-order valence-electron chi connectivity index (χ4n) is 3.69. The Hall–Kier alpha value is -3.93. The Balaban J connectivity index is 1.25. The number of imidazole rings is 2. The lowest BCUT2D eigenvalue weighted by atomic mass is 10.2. The van der Waals surface area contributed by atoms with Crippen LogP contribution in [0.25, 0.3) is 33.5 Å². The minimum absolute atomic E-state index is 0.0362. The van der Waals surface area contributed by atoms with Crippen molar-refractivity contribution in [3.63, 3.8) is 0 Å². The van der Waals surface area contributed by atoms with E-state index in [1.807, 2.05) is 73.8 Å². The molecule has 2 aromatic heterocycles. The van der Waals surface area contributed by atoms with Crippen LogP contribution in [-0.2, 0) is 18.3 Å². The number of aryl methyl sites for hydroxylation is 2. The molecule has 3 aromatic carbocycles. The number of rotatable bonds is 5. The first-order valence-corrected chi connectivity index (χ1v) is 9.93. The second-order valence-electron chi connectivity index (χ2n) is 7.31. The SMILES string of the molecule is Cn1c(-c2ccc(NC(=O)CCc3nc4ccccc4[nH]3)cc2)nc2ccccc21. The molecule has 0 fully saturated rings. The zero-order chi connectivity index (χ0) is 20.5. The number of aromatic nitrogens is 4. The van der Waals surface area contributed by atoms with Crippen molar-refractivity contribution in [2.45, 2.75) is 12.8 Å². The number of aromatic amines is 1. The smallest absolute Gasteiger partial charge is 0.224 e. The van der Waals surface area contributed by atoms with E-state index in [9.17, 15) is 4.79 Å². The van der Waals surface area contributed by atoms with E-state index in [2.05, 4.69) is 25.9 Å². The van der Waals surface area contributed by atoms with Crippen molar-refractivity contribution in [3.8, 4) is 11.4 Å². The Morgan fingerprint density at radius 2 is 1.67 bits per heavy atom. The zero-order valence-corrected chi connectivity index (χ0v) is 16.6. The molecule has 0 saturated carbocycles. The number of H-pyrrole nitrogens is 1. The average Bonchev–Trinajstić information content (AvgIpc) is 3.34. The van der Waals surface area contributed by atoms with Crippen LogP contribution in [0.3, 0.4) is 0 Å². The van der Waals surface area contributed by atoms with Gasteiger partial charge in [0.05, 0.1) is 22.1 Å². The number of nitrogens with one attached hydrogen (secondary N) is 2. The summed E-state index contributed by atoms with van der Waals surface area (Å²) in [6, 6.07) is 23.7. The van der Waals surface area contributed by atoms with E-state index >= 15 is 0 Å². The van der Waals surface area contributed by atoms with Crippen LogP contribution in [0.15, 0.2) is 72.8 Å². The first-order valence-electron chi connectivity index (χ1n) is 9.93. The zero-order valence-electron chi connectivity index (χ0n) is 16.6. The molecule has 0 aliphatic rings. The molecule has 0 spiro atoms. The van der Waals surface area contributed by atoms with Crippen LogP contribution in [0.2, 0.25) is 0 Å². The van der Waals surface area contributed by atoms with Gasteiger partial charge in [-0.05, 0) is 48.5 Å². The van der Waals surface area contributed by atoms with E-state index in [0.29, 0.717) is 12.8 Å². The monoisotopic (exact) mass is 395 g/mol. The quantitative estimate of drug-likeness (QED) is 0.453. The van der Waals surface area contributed by atoms with Crippen molar-refractivity contribution < 1.29 is 4.79 Å². The van der Waals surface area contributed by atoms with Crippen LogP contribution in [0, 0.1) is 0 Å². The van der Waals surface area contributed by atoms with E-state index in [4.69, 9.17) is 4.98 Å². The van der Waals surface area contributed by atoms with Crippen LogP contribution in [-0.4, -0.2) is 25.4 Å². The summed E-state index contributed by atoms with van der Waals surface area (Å²) in [5.41, 5.74) is 5.76. The fourth-order valence-corrected chi connectivity index (χ4v) is 3.69. The number of amides is 1. The number of hydrogen-bond donors (Lipinski definition) is 2. The maximum absolute atomic E-state index is 12.4. The number of anilines is 1. The van der Waals surface area contributed by atoms with Gasteiger partial charge in [-0.2, -0.15) is 0 Å². The molecule has 0 unspecified atom stereocenters. The molecule has 148 valence electrons. The van der Waals surface area contributed by atoms with E-state index in [-0.39, 0.29) is 5.91 Å². The number of fused-ring (bicyclic) bond motifs is 2. The number of hydrogen-bond acceptors (Lipinski definition) is 3. The summed E-state index contributed by atoms with van der Waals surface area (Å²) < 4.78 is 2.08. The molecule has 0 saturated heterocycles. The Morgan fingerprint density at radius 3 is 2.43 bits per heavy atom. The van der Waals surface area contributed by atoms with Crippen molar-refractivity contribution in [2.75, 3.05) is 5.32 Å².